The number of nitrogens with zero attached hydrogens (tertiary/aromatic N) is 2. The second kappa shape index (κ2) is 2.56. The second-order valence-corrected chi connectivity index (χ2v) is 2.05. The van der Waals surface area contributed by atoms with Gasteiger partial charge < -0.3 is 9.30 Å². The maximum atomic E-state index is 4.88. The first-order chi connectivity index (χ1) is 4.74. The number of aryl methyl sites for hydroxylation is 1. The Kier molecular flexibility index (Phi) is 1.76. The van der Waals surface area contributed by atoms with Gasteiger partial charge in [-0.25, -0.2) is 4.98 Å². The van der Waals surface area contributed by atoms with Crippen LogP contribution < -0.4 is 0 Å². The molecule has 0 bridgehead atoms. The molecule has 0 aliphatic heterocycles. The molecule has 0 unspecified atom stereocenters. The van der Waals surface area contributed by atoms with E-state index in [4.69, 9.17) is 4.74 Å². The van der Waals surface area contributed by atoms with Gasteiger partial charge in [-0.2, -0.15) is 0 Å². The first kappa shape index (κ1) is 6.86. The number of rotatable bonds is 2. The largest absolute Gasteiger partial charge is 0.495 e. The number of hydrogen-bond donors (Lipinski definition) is 0. The van der Waals surface area contributed by atoms with Gasteiger partial charge in [-0.15, -0.1) is 0 Å². The molecule has 0 radical (unpaired) electrons. The first-order valence-corrected chi connectivity index (χ1v) is 2.95. The van der Waals surface area contributed by atoms with Crippen molar-refractivity contribution >= 4 is 5.76 Å². The molecule has 0 aliphatic carbocycles. The fraction of sp³-hybridized carbons (Fsp3) is 0.286. The van der Waals surface area contributed by atoms with Crippen LogP contribution in [0.5, 0.6) is 0 Å². The summed E-state index contributed by atoms with van der Waals surface area (Å²) >= 11 is 0. The van der Waals surface area contributed by atoms with Crippen molar-refractivity contribution in [3.63, 3.8) is 0 Å². The minimum atomic E-state index is 0.598. The third-order valence-electron chi connectivity index (χ3n) is 1.24. The van der Waals surface area contributed by atoms with E-state index >= 15 is 0 Å². The van der Waals surface area contributed by atoms with E-state index < -0.39 is 0 Å². The molecule has 1 heterocycles. The zero-order valence-electron chi connectivity index (χ0n) is 6.16. The summed E-state index contributed by atoms with van der Waals surface area (Å²) in [6.45, 7) is 3.66. The van der Waals surface area contributed by atoms with E-state index in [1.54, 1.807) is 13.4 Å². The predicted octanol–water partition coefficient (Wildman–Crippen LogP) is 1.04. The van der Waals surface area contributed by atoms with Crippen LogP contribution in [0.4, 0.5) is 0 Å². The van der Waals surface area contributed by atoms with Crippen LogP contribution in [0.2, 0.25) is 0 Å². The number of imidazole rings is 1. The highest BCUT2D eigenvalue weighted by atomic mass is 16.5. The fourth-order valence-corrected chi connectivity index (χ4v) is 0.661. The highest BCUT2D eigenvalue weighted by molar-refractivity contribution is 5.51. The Morgan fingerprint density at radius 2 is 2.50 bits per heavy atom. The zero-order valence-corrected chi connectivity index (χ0v) is 6.16. The number of ether oxygens (including phenoxy) is 1. The molecular formula is C7H10N2O. The van der Waals surface area contributed by atoms with E-state index in [-0.39, 0.29) is 0 Å². The quantitative estimate of drug-likeness (QED) is 0.571. The van der Waals surface area contributed by atoms with Crippen molar-refractivity contribution in [1.82, 2.24) is 9.55 Å². The van der Waals surface area contributed by atoms with Crippen molar-refractivity contribution in [3.8, 4) is 0 Å². The molecule has 3 heteroatoms. The Hall–Kier alpha value is -1.25. The van der Waals surface area contributed by atoms with E-state index in [1.807, 2.05) is 17.8 Å². The van der Waals surface area contributed by atoms with Crippen molar-refractivity contribution in [2.45, 2.75) is 0 Å². The molecule has 0 spiro atoms. The van der Waals surface area contributed by atoms with Gasteiger partial charge in [-0.3, -0.25) is 0 Å². The lowest BCUT2D eigenvalue weighted by atomic mass is 10.4. The minimum absolute atomic E-state index is 0.598. The molecule has 1 rings (SSSR count). The lowest BCUT2D eigenvalue weighted by molar-refractivity contribution is 0.370. The Balaban J connectivity index is 2.85. The molecule has 0 saturated carbocycles. The van der Waals surface area contributed by atoms with Gasteiger partial charge in [0.1, 0.15) is 11.5 Å². The Labute approximate surface area is 60.0 Å². The van der Waals surface area contributed by atoms with Crippen molar-refractivity contribution in [1.29, 1.82) is 0 Å². The molecule has 1 aromatic heterocycles. The second-order valence-electron chi connectivity index (χ2n) is 2.05. The summed E-state index contributed by atoms with van der Waals surface area (Å²) in [5.41, 5.74) is 0.782. The van der Waals surface area contributed by atoms with Gasteiger partial charge in [-0.1, -0.05) is 6.58 Å². The van der Waals surface area contributed by atoms with E-state index in [0.717, 1.165) is 5.69 Å². The SMILES string of the molecule is C=C(OC)c1cn(C)cn1. The Morgan fingerprint density at radius 3 is 2.90 bits per heavy atom. The molecule has 0 aromatic carbocycles. The van der Waals surface area contributed by atoms with Crippen molar-refractivity contribution < 1.29 is 4.74 Å². The average Bonchev–Trinajstić information content (AvgIpc) is 2.34. The lowest BCUT2D eigenvalue weighted by Gasteiger charge is -1.96. The minimum Gasteiger partial charge on any atom is -0.495 e. The predicted molar refractivity (Wildman–Crippen MR) is 39.3 cm³/mol. The molecule has 1 aromatic rings. The van der Waals surface area contributed by atoms with Gasteiger partial charge in [0.05, 0.1) is 13.4 Å². The Morgan fingerprint density at radius 1 is 1.80 bits per heavy atom. The Bertz CT molecular complexity index is 240. The first-order valence-electron chi connectivity index (χ1n) is 2.95. The van der Waals surface area contributed by atoms with Crippen LogP contribution in [0, 0.1) is 0 Å². The maximum Gasteiger partial charge on any atom is 0.138 e. The molecule has 10 heavy (non-hydrogen) atoms. The summed E-state index contributed by atoms with van der Waals surface area (Å²) in [6.07, 6.45) is 3.56. The topological polar surface area (TPSA) is 27.1 Å². The average molecular weight is 138 g/mol. The van der Waals surface area contributed by atoms with Crippen molar-refractivity contribution in [2.75, 3.05) is 7.11 Å². The number of methoxy groups -OCH3 is 1. The molecule has 0 N–H and O–H groups in total. The number of hydrogen-bond acceptors (Lipinski definition) is 2. The molecule has 54 valence electrons. The van der Waals surface area contributed by atoms with Crippen LogP contribution in [-0.4, -0.2) is 16.7 Å². The van der Waals surface area contributed by atoms with Gasteiger partial charge in [0, 0.05) is 13.2 Å². The highest BCUT2D eigenvalue weighted by Crippen LogP contribution is 2.07. The van der Waals surface area contributed by atoms with Gasteiger partial charge in [-0.05, 0) is 0 Å². The fourth-order valence-electron chi connectivity index (χ4n) is 0.661. The molecule has 0 amide bonds. The number of aromatic nitrogens is 2. The third-order valence-corrected chi connectivity index (χ3v) is 1.24. The van der Waals surface area contributed by atoms with E-state index in [0.29, 0.717) is 5.76 Å². The van der Waals surface area contributed by atoms with Gasteiger partial charge in [0.15, 0.2) is 0 Å². The summed E-state index contributed by atoms with van der Waals surface area (Å²) < 4.78 is 6.73. The van der Waals surface area contributed by atoms with E-state index in [1.165, 1.54) is 0 Å². The van der Waals surface area contributed by atoms with Crippen LogP contribution in [0.15, 0.2) is 19.1 Å². The van der Waals surface area contributed by atoms with Crippen LogP contribution in [0.3, 0.4) is 0 Å². The van der Waals surface area contributed by atoms with Crippen molar-refractivity contribution in [3.05, 3.63) is 24.8 Å². The third kappa shape index (κ3) is 1.18. The summed E-state index contributed by atoms with van der Waals surface area (Å²) in [4.78, 5) is 4.02. The van der Waals surface area contributed by atoms with Gasteiger partial charge in [0.2, 0.25) is 0 Å². The summed E-state index contributed by atoms with van der Waals surface area (Å²) in [7, 11) is 3.48. The van der Waals surface area contributed by atoms with Crippen molar-refractivity contribution in [2.24, 2.45) is 7.05 Å². The zero-order chi connectivity index (χ0) is 7.56. The normalized spacial score (nSPS) is 9.40. The summed E-state index contributed by atoms with van der Waals surface area (Å²) in [6, 6.07) is 0. The molecule has 0 saturated heterocycles. The van der Waals surface area contributed by atoms with Gasteiger partial charge >= 0.3 is 0 Å². The molecular weight excluding hydrogens is 128 g/mol. The monoisotopic (exact) mass is 138 g/mol. The summed E-state index contributed by atoms with van der Waals surface area (Å²) in [5.74, 6) is 0.598. The van der Waals surface area contributed by atoms with Crippen LogP contribution in [0.25, 0.3) is 5.76 Å². The standard InChI is InChI=1S/C7H10N2O/c1-6(10-3)7-4-9(2)5-8-7/h4-5H,1H2,2-3H3. The van der Waals surface area contributed by atoms with Gasteiger partial charge in [0.25, 0.3) is 0 Å². The molecule has 0 aliphatic rings. The van der Waals surface area contributed by atoms with Crippen LogP contribution >= 0.6 is 0 Å². The van der Waals surface area contributed by atoms with Crippen LogP contribution in [0.1, 0.15) is 5.69 Å². The van der Waals surface area contributed by atoms with E-state index in [9.17, 15) is 0 Å². The molecule has 0 atom stereocenters. The molecule has 0 fully saturated rings. The maximum absolute atomic E-state index is 4.88. The summed E-state index contributed by atoms with van der Waals surface area (Å²) in [5, 5.41) is 0. The lowest BCUT2D eigenvalue weighted by Crippen LogP contribution is -1.84. The van der Waals surface area contributed by atoms with E-state index in [2.05, 4.69) is 11.6 Å². The smallest absolute Gasteiger partial charge is 0.138 e. The highest BCUT2D eigenvalue weighted by Gasteiger charge is 1.99. The molecule has 3 nitrogen and oxygen atoms in total. The van der Waals surface area contributed by atoms with Crippen LogP contribution in [-0.2, 0) is 11.8 Å².